The van der Waals surface area contributed by atoms with Gasteiger partial charge >= 0.3 is 12.4 Å². The number of carbonyl (C=O) groups excluding carboxylic acids is 2. The van der Waals surface area contributed by atoms with Gasteiger partial charge in [0.2, 0.25) is 0 Å². The van der Waals surface area contributed by atoms with Crippen molar-refractivity contribution in [3.05, 3.63) is 82.3 Å². The Kier molecular flexibility index (Phi) is 10.4. The summed E-state index contributed by atoms with van der Waals surface area (Å²) in [5, 5.41) is 21.4. The van der Waals surface area contributed by atoms with Crippen molar-refractivity contribution < 1.29 is 46.1 Å². The number of rotatable bonds is 12. The second-order valence-electron chi connectivity index (χ2n) is 11.2. The van der Waals surface area contributed by atoms with Gasteiger partial charge in [-0.2, -0.15) is 26.3 Å². The lowest BCUT2D eigenvalue weighted by molar-refractivity contribution is -0.138. The van der Waals surface area contributed by atoms with Crippen LogP contribution in [0.4, 0.5) is 26.3 Å². The average molecular weight is 655 g/mol. The number of alkyl halides is 6. The van der Waals surface area contributed by atoms with Crippen LogP contribution >= 0.6 is 0 Å². The molecule has 0 fully saturated rings. The van der Waals surface area contributed by atoms with Crippen LogP contribution in [0.25, 0.3) is 11.1 Å². The highest BCUT2D eigenvalue weighted by atomic mass is 19.4. The molecule has 0 saturated carbocycles. The normalized spacial score (nSPS) is 19.4. The van der Waals surface area contributed by atoms with E-state index < -0.39 is 58.9 Å². The Labute approximate surface area is 262 Å². The molecule has 0 radical (unpaired) electrons. The lowest BCUT2D eigenvalue weighted by Crippen LogP contribution is -2.46. The van der Waals surface area contributed by atoms with E-state index in [0.29, 0.717) is 30.5 Å². The molecular weight excluding hydrogens is 618 g/mol. The number of benzene rings is 2. The van der Waals surface area contributed by atoms with Gasteiger partial charge in [-0.3, -0.25) is 14.5 Å². The van der Waals surface area contributed by atoms with E-state index in [9.17, 15) is 46.1 Å². The van der Waals surface area contributed by atoms with E-state index in [0.717, 1.165) is 24.3 Å². The summed E-state index contributed by atoms with van der Waals surface area (Å²) >= 11 is 0. The number of halogens is 6. The third kappa shape index (κ3) is 7.02. The predicted molar refractivity (Wildman–Crippen MR) is 159 cm³/mol. The Morgan fingerprint density at radius 3 is 1.30 bits per heavy atom. The summed E-state index contributed by atoms with van der Waals surface area (Å²) in [5.74, 6) is -2.35. The molecule has 8 nitrogen and oxygen atoms in total. The monoisotopic (exact) mass is 654 g/mol. The number of amides is 2. The van der Waals surface area contributed by atoms with Crippen molar-refractivity contribution >= 4 is 23.0 Å². The van der Waals surface area contributed by atoms with Gasteiger partial charge in [-0.1, -0.05) is 38.1 Å². The molecule has 250 valence electrons. The van der Waals surface area contributed by atoms with Gasteiger partial charge in [-0.05, 0) is 48.2 Å². The largest absolute Gasteiger partial charge is 0.503 e. The van der Waals surface area contributed by atoms with Gasteiger partial charge in [0.15, 0.2) is 11.5 Å². The molecule has 0 spiro atoms. The van der Waals surface area contributed by atoms with E-state index in [-0.39, 0.29) is 43.9 Å². The molecule has 2 heterocycles. The highest BCUT2D eigenvalue weighted by molar-refractivity contribution is 6.06. The summed E-state index contributed by atoms with van der Waals surface area (Å²) in [5.41, 5.74) is 5.24. The quantitative estimate of drug-likeness (QED) is 0.262. The van der Waals surface area contributed by atoms with Gasteiger partial charge in [-0.25, -0.2) is 0 Å². The third-order valence-electron chi connectivity index (χ3n) is 8.44. The summed E-state index contributed by atoms with van der Waals surface area (Å²) in [6.45, 7) is 5.10. The Balaban J connectivity index is 1.44. The number of nitrogens with two attached hydrogens (primary N) is 1. The SMILES string of the molecule is CCC1C(c2ccc(C(F)(F)F)cc2)=C(O)C(=O)N1CCN(CCN)CCN1C(=O)C(O)=C(c2ccc(C(F)(F)F)cc2)C1CC. The topological polar surface area (TPSA) is 110 Å². The minimum absolute atomic E-state index is 0.150. The Morgan fingerprint density at radius 2 is 1.02 bits per heavy atom. The van der Waals surface area contributed by atoms with Gasteiger partial charge in [0, 0.05) is 50.4 Å². The summed E-state index contributed by atoms with van der Waals surface area (Å²) in [7, 11) is 0. The van der Waals surface area contributed by atoms with E-state index in [2.05, 4.69) is 0 Å². The fraction of sp³-hybridized carbons (Fsp3) is 0.438. The molecule has 14 heteroatoms. The van der Waals surface area contributed by atoms with Gasteiger partial charge in [-0.15, -0.1) is 0 Å². The molecule has 0 aromatic heterocycles. The fourth-order valence-electron chi connectivity index (χ4n) is 6.13. The maximum atomic E-state index is 13.1. The second kappa shape index (κ2) is 13.8. The first kappa shape index (κ1) is 34.8. The highest BCUT2D eigenvalue weighted by Gasteiger charge is 2.41. The van der Waals surface area contributed by atoms with E-state index in [1.54, 1.807) is 13.8 Å². The maximum Gasteiger partial charge on any atom is 0.416 e. The molecule has 2 atom stereocenters. The second-order valence-corrected chi connectivity index (χ2v) is 11.2. The number of aliphatic hydroxyl groups excluding tert-OH is 2. The molecule has 0 saturated heterocycles. The van der Waals surface area contributed by atoms with E-state index in [1.807, 2.05) is 4.90 Å². The smallest absolute Gasteiger partial charge is 0.416 e. The zero-order chi connectivity index (χ0) is 34.0. The molecular formula is C32H36F6N4O4. The summed E-state index contributed by atoms with van der Waals surface area (Å²) in [6.07, 6.45) is -8.28. The molecule has 46 heavy (non-hydrogen) atoms. The van der Waals surface area contributed by atoms with Crippen molar-refractivity contribution in [2.24, 2.45) is 5.73 Å². The van der Waals surface area contributed by atoms with E-state index >= 15 is 0 Å². The van der Waals surface area contributed by atoms with E-state index in [4.69, 9.17) is 5.73 Å². The molecule has 2 aliphatic rings. The highest BCUT2D eigenvalue weighted by Crippen LogP contribution is 2.38. The summed E-state index contributed by atoms with van der Waals surface area (Å²) < 4.78 is 78.4. The van der Waals surface area contributed by atoms with Gasteiger partial charge in [0.25, 0.3) is 11.8 Å². The summed E-state index contributed by atoms with van der Waals surface area (Å²) in [4.78, 5) is 31.0. The van der Waals surface area contributed by atoms with Gasteiger partial charge in [0.05, 0.1) is 23.2 Å². The molecule has 0 aliphatic carbocycles. The molecule has 2 aromatic carbocycles. The third-order valence-corrected chi connectivity index (χ3v) is 8.44. The first-order valence-electron chi connectivity index (χ1n) is 14.9. The van der Waals surface area contributed by atoms with Crippen molar-refractivity contribution in [1.82, 2.24) is 14.7 Å². The number of aliphatic hydroxyl groups is 2. The molecule has 2 aromatic rings. The van der Waals surface area contributed by atoms with Crippen LogP contribution in [0.5, 0.6) is 0 Å². The van der Waals surface area contributed by atoms with Crippen LogP contribution in [0, 0.1) is 0 Å². The van der Waals surface area contributed by atoms with Crippen LogP contribution in [0.1, 0.15) is 48.9 Å². The number of hydrogen-bond acceptors (Lipinski definition) is 6. The van der Waals surface area contributed by atoms with Crippen molar-refractivity contribution in [2.75, 3.05) is 39.3 Å². The van der Waals surface area contributed by atoms with Crippen LogP contribution in [-0.4, -0.2) is 88.1 Å². The van der Waals surface area contributed by atoms with Crippen molar-refractivity contribution in [1.29, 1.82) is 0 Å². The summed E-state index contributed by atoms with van der Waals surface area (Å²) in [6, 6.07) is 7.36. The first-order valence-corrected chi connectivity index (χ1v) is 14.9. The van der Waals surface area contributed by atoms with Crippen LogP contribution in [-0.2, 0) is 21.9 Å². The molecule has 4 N–H and O–H groups in total. The molecule has 0 bridgehead atoms. The van der Waals surface area contributed by atoms with Crippen molar-refractivity contribution in [2.45, 2.75) is 51.1 Å². The average Bonchev–Trinajstić information content (AvgIpc) is 3.40. The lowest BCUT2D eigenvalue weighted by atomic mass is 9.96. The van der Waals surface area contributed by atoms with Gasteiger partial charge in [0.1, 0.15) is 0 Å². The Hall–Kier alpha value is -4.04. The minimum atomic E-state index is -4.53. The molecule has 2 aliphatic heterocycles. The predicted octanol–water partition coefficient (Wildman–Crippen LogP) is 5.46. The van der Waals surface area contributed by atoms with Crippen LogP contribution < -0.4 is 5.73 Å². The zero-order valence-electron chi connectivity index (χ0n) is 25.3. The lowest BCUT2D eigenvalue weighted by Gasteiger charge is -2.32. The number of carbonyl (C=O) groups is 2. The Bertz CT molecular complexity index is 1380. The maximum absolute atomic E-state index is 13.1. The fourth-order valence-corrected chi connectivity index (χ4v) is 6.13. The van der Waals surface area contributed by atoms with Crippen molar-refractivity contribution in [3.63, 3.8) is 0 Å². The Morgan fingerprint density at radius 1 is 0.674 bits per heavy atom. The molecule has 2 unspecified atom stereocenters. The van der Waals surface area contributed by atoms with E-state index in [1.165, 1.54) is 34.1 Å². The molecule has 2 amide bonds. The van der Waals surface area contributed by atoms with Crippen LogP contribution in [0.15, 0.2) is 60.0 Å². The molecule has 4 rings (SSSR count). The van der Waals surface area contributed by atoms with Crippen molar-refractivity contribution in [3.8, 4) is 0 Å². The van der Waals surface area contributed by atoms with Gasteiger partial charge < -0.3 is 25.7 Å². The first-order chi connectivity index (χ1) is 21.6. The number of nitrogens with zero attached hydrogens (tertiary/aromatic N) is 3. The minimum Gasteiger partial charge on any atom is -0.503 e. The zero-order valence-corrected chi connectivity index (χ0v) is 25.3. The van der Waals surface area contributed by atoms with Crippen LogP contribution in [0.2, 0.25) is 0 Å². The standard InChI is InChI=1S/C32H36F6N4O4/c1-3-23-25(19-5-9-21(10-6-19)31(33,34)35)27(43)29(45)41(23)17-15-40(14-13-39)16-18-42-24(4-2)26(28(44)30(42)46)20-7-11-22(12-8-20)32(36,37)38/h5-12,23-24,43-44H,3-4,13-18,39H2,1-2H3. The number of hydrogen-bond donors (Lipinski definition) is 3. The van der Waals surface area contributed by atoms with Crippen LogP contribution in [0.3, 0.4) is 0 Å².